The molecule has 0 unspecified atom stereocenters. The molecular weight excluding hydrogens is 328 g/mol. The second-order valence-corrected chi connectivity index (χ2v) is 6.17. The second-order valence-electron chi connectivity index (χ2n) is 5.06. The van der Waals surface area contributed by atoms with Crippen LogP contribution in [0.4, 0.5) is 11.9 Å². The summed E-state index contributed by atoms with van der Waals surface area (Å²) in [6.07, 6.45) is 1.70. The molecule has 3 rings (SSSR count). The number of benzene rings is 1. The summed E-state index contributed by atoms with van der Waals surface area (Å²) < 4.78 is 6.27. The average molecular weight is 344 g/mol. The fourth-order valence-electron chi connectivity index (χ4n) is 2.15. The Labute approximate surface area is 141 Å². The van der Waals surface area contributed by atoms with E-state index < -0.39 is 0 Å². The molecule has 4 N–H and O–H groups in total. The maximum absolute atomic E-state index is 11.8. The van der Waals surface area contributed by atoms with Gasteiger partial charge in [0.15, 0.2) is 12.4 Å². The number of anilines is 2. The highest BCUT2D eigenvalue weighted by Crippen LogP contribution is 2.22. The van der Waals surface area contributed by atoms with Crippen molar-refractivity contribution in [3.63, 3.8) is 0 Å². The van der Waals surface area contributed by atoms with Crippen LogP contribution in [-0.2, 0) is 22.6 Å². The maximum atomic E-state index is 11.8. The molecule has 0 spiro atoms. The molecule has 0 saturated heterocycles. The van der Waals surface area contributed by atoms with Crippen molar-refractivity contribution < 1.29 is 9.53 Å². The van der Waals surface area contributed by atoms with Gasteiger partial charge in [0.1, 0.15) is 0 Å². The van der Waals surface area contributed by atoms with Gasteiger partial charge in [-0.1, -0.05) is 12.1 Å². The molecule has 8 nitrogen and oxygen atoms in total. The van der Waals surface area contributed by atoms with Crippen molar-refractivity contribution in [2.45, 2.75) is 25.9 Å². The van der Waals surface area contributed by atoms with Gasteiger partial charge in [0.25, 0.3) is 0 Å². The van der Waals surface area contributed by atoms with Crippen LogP contribution in [0.5, 0.6) is 0 Å². The Balaban J connectivity index is 1.45. The van der Waals surface area contributed by atoms with Crippen molar-refractivity contribution in [2.75, 3.05) is 11.5 Å². The standard InChI is InChI=1S/C15H16N6O2S/c16-14-19-11(20-15(17)21-14)8-23-13(22)7-3-6-12-18-9-4-1-2-5-10(9)24-12/h1-2,4-5H,3,6-8H2,(H4,16,17,19,20,21). The van der Waals surface area contributed by atoms with Gasteiger partial charge in [0, 0.05) is 6.42 Å². The number of carbonyl (C=O) groups is 1. The minimum absolute atomic E-state index is 0.00406. The summed E-state index contributed by atoms with van der Waals surface area (Å²) in [5.74, 6) is -0.0815. The lowest BCUT2D eigenvalue weighted by Crippen LogP contribution is -2.11. The number of thiazole rings is 1. The summed E-state index contributed by atoms with van der Waals surface area (Å²) in [7, 11) is 0. The van der Waals surface area contributed by atoms with Crippen LogP contribution in [0, 0.1) is 0 Å². The smallest absolute Gasteiger partial charge is 0.306 e. The van der Waals surface area contributed by atoms with Crippen molar-refractivity contribution in [1.29, 1.82) is 0 Å². The van der Waals surface area contributed by atoms with Crippen LogP contribution < -0.4 is 11.5 Å². The summed E-state index contributed by atoms with van der Waals surface area (Å²) in [4.78, 5) is 27.7. The number of ether oxygens (including phenoxy) is 1. The number of nitrogen functional groups attached to an aromatic ring is 2. The summed E-state index contributed by atoms with van der Waals surface area (Å²) in [6, 6.07) is 7.97. The van der Waals surface area contributed by atoms with E-state index in [2.05, 4.69) is 19.9 Å². The molecule has 0 aliphatic rings. The Morgan fingerprint density at radius 1 is 1.08 bits per heavy atom. The average Bonchev–Trinajstić information content (AvgIpc) is 2.95. The van der Waals surface area contributed by atoms with Gasteiger partial charge < -0.3 is 16.2 Å². The number of para-hydroxylation sites is 1. The van der Waals surface area contributed by atoms with Gasteiger partial charge in [-0.25, -0.2) is 4.98 Å². The molecule has 0 fully saturated rings. The number of hydrogen-bond donors (Lipinski definition) is 2. The highest BCUT2D eigenvalue weighted by atomic mass is 32.1. The van der Waals surface area contributed by atoms with E-state index in [1.165, 1.54) is 0 Å². The molecule has 0 saturated carbocycles. The lowest BCUT2D eigenvalue weighted by Gasteiger charge is -2.04. The van der Waals surface area contributed by atoms with E-state index >= 15 is 0 Å². The van der Waals surface area contributed by atoms with E-state index in [4.69, 9.17) is 16.2 Å². The molecule has 1 aromatic carbocycles. The summed E-state index contributed by atoms with van der Waals surface area (Å²) in [5.41, 5.74) is 11.9. The first-order valence-electron chi connectivity index (χ1n) is 7.36. The number of esters is 1. The van der Waals surface area contributed by atoms with Crippen molar-refractivity contribution in [3.8, 4) is 0 Å². The fourth-order valence-corrected chi connectivity index (χ4v) is 3.16. The summed E-state index contributed by atoms with van der Waals surface area (Å²) >= 11 is 1.64. The van der Waals surface area contributed by atoms with E-state index in [9.17, 15) is 4.79 Å². The zero-order valence-corrected chi connectivity index (χ0v) is 13.6. The Bertz CT molecular complexity index is 813. The molecule has 0 aliphatic heterocycles. The largest absolute Gasteiger partial charge is 0.457 e. The van der Waals surface area contributed by atoms with Crippen molar-refractivity contribution >= 4 is 39.4 Å². The van der Waals surface area contributed by atoms with Crippen molar-refractivity contribution in [3.05, 3.63) is 35.1 Å². The second kappa shape index (κ2) is 7.18. The van der Waals surface area contributed by atoms with Crippen LogP contribution in [0.3, 0.4) is 0 Å². The van der Waals surface area contributed by atoms with Crippen LogP contribution in [-0.4, -0.2) is 25.9 Å². The van der Waals surface area contributed by atoms with Gasteiger partial charge in [-0.05, 0) is 25.0 Å². The molecule has 2 aromatic heterocycles. The molecule has 3 aromatic rings. The maximum Gasteiger partial charge on any atom is 0.306 e. The van der Waals surface area contributed by atoms with Crippen LogP contribution in [0.2, 0.25) is 0 Å². The Morgan fingerprint density at radius 3 is 2.58 bits per heavy atom. The molecule has 0 aliphatic carbocycles. The number of nitrogens with two attached hydrogens (primary N) is 2. The number of hydrogen-bond acceptors (Lipinski definition) is 9. The lowest BCUT2D eigenvalue weighted by molar-refractivity contribution is -0.145. The number of aryl methyl sites for hydroxylation is 1. The van der Waals surface area contributed by atoms with Gasteiger partial charge in [-0.2, -0.15) is 15.0 Å². The van der Waals surface area contributed by atoms with E-state index in [-0.39, 0.29) is 30.3 Å². The molecule has 9 heteroatoms. The minimum Gasteiger partial charge on any atom is -0.457 e. The predicted octanol–water partition coefficient (Wildman–Crippen LogP) is 1.71. The van der Waals surface area contributed by atoms with Crippen molar-refractivity contribution in [1.82, 2.24) is 19.9 Å². The van der Waals surface area contributed by atoms with E-state index in [0.717, 1.165) is 21.6 Å². The number of aromatic nitrogens is 4. The monoisotopic (exact) mass is 344 g/mol. The minimum atomic E-state index is -0.325. The van der Waals surface area contributed by atoms with Gasteiger partial charge in [0.05, 0.1) is 15.2 Å². The first kappa shape index (κ1) is 16.1. The van der Waals surface area contributed by atoms with Crippen molar-refractivity contribution in [2.24, 2.45) is 0 Å². The normalized spacial score (nSPS) is 10.8. The summed E-state index contributed by atoms with van der Waals surface area (Å²) in [5, 5.41) is 1.02. The fraction of sp³-hybridized carbons (Fsp3) is 0.267. The third-order valence-corrected chi connectivity index (χ3v) is 4.28. The highest BCUT2D eigenvalue weighted by Gasteiger charge is 2.09. The molecular formula is C15H16N6O2S. The van der Waals surface area contributed by atoms with Crippen LogP contribution in [0.1, 0.15) is 23.7 Å². The SMILES string of the molecule is Nc1nc(N)nc(COC(=O)CCCc2nc3ccccc3s2)n1. The number of nitrogens with zero attached hydrogens (tertiary/aromatic N) is 4. The molecule has 24 heavy (non-hydrogen) atoms. The van der Waals surface area contributed by atoms with E-state index in [0.29, 0.717) is 12.8 Å². The quantitative estimate of drug-likeness (QED) is 0.646. The highest BCUT2D eigenvalue weighted by molar-refractivity contribution is 7.18. The van der Waals surface area contributed by atoms with Gasteiger partial charge in [0.2, 0.25) is 11.9 Å². The Morgan fingerprint density at radius 2 is 1.83 bits per heavy atom. The van der Waals surface area contributed by atoms with E-state index in [1.54, 1.807) is 11.3 Å². The molecule has 2 heterocycles. The number of carbonyl (C=O) groups excluding carboxylic acids is 1. The van der Waals surface area contributed by atoms with E-state index in [1.807, 2.05) is 24.3 Å². The summed E-state index contributed by atoms with van der Waals surface area (Å²) in [6.45, 7) is -0.0725. The molecule has 0 bridgehead atoms. The Hall–Kier alpha value is -2.81. The first-order valence-corrected chi connectivity index (χ1v) is 8.18. The Kier molecular flexibility index (Phi) is 4.80. The van der Waals surface area contributed by atoms with Crippen LogP contribution >= 0.6 is 11.3 Å². The third kappa shape index (κ3) is 4.13. The molecule has 0 atom stereocenters. The molecule has 124 valence electrons. The predicted molar refractivity (Wildman–Crippen MR) is 91.0 cm³/mol. The number of rotatable bonds is 6. The number of fused-ring (bicyclic) bond motifs is 1. The third-order valence-electron chi connectivity index (χ3n) is 3.19. The van der Waals surface area contributed by atoms with Gasteiger partial charge >= 0.3 is 5.97 Å². The molecule has 0 amide bonds. The zero-order chi connectivity index (χ0) is 16.9. The first-order chi connectivity index (χ1) is 11.6. The van der Waals surface area contributed by atoms with Gasteiger partial charge in [-0.3, -0.25) is 4.79 Å². The zero-order valence-electron chi connectivity index (χ0n) is 12.8. The lowest BCUT2D eigenvalue weighted by atomic mass is 10.2. The topological polar surface area (TPSA) is 130 Å². The van der Waals surface area contributed by atoms with Gasteiger partial charge in [-0.15, -0.1) is 11.3 Å². The van der Waals surface area contributed by atoms with Crippen LogP contribution in [0.15, 0.2) is 24.3 Å². The molecule has 0 radical (unpaired) electrons. The van der Waals surface area contributed by atoms with Crippen LogP contribution in [0.25, 0.3) is 10.2 Å².